The number of aromatic nitrogens is 4. The molecule has 5 rings (SSSR count). The Labute approximate surface area is 161 Å². The summed E-state index contributed by atoms with van der Waals surface area (Å²) in [6, 6.07) is 13.4. The lowest BCUT2D eigenvalue weighted by Gasteiger charge is -2.32. The molecule has 0 aliphatic carbocycles. The van der Waals surface area contributed by atoms with Crippen molar-refractivity contribution in [2.45, 2.75) is 12.8 Å². The number of aliphatic hydroxyl groups excluding tert-OH is 1. The van der Waals surface area contributed by atoms with E-state index in [1.54, 1.807) is 6.20 Å². The van der Waals surface area contributed by atoms with Crippen LogP contribution in [0.3, 0.4) is 0 Å². The number of hydrogen-bond donors (Lipinski definition) is 2. The van der Waals surface area contributed by atoms with E-state index in [9.17, 15) is 9.90 Å². The van der Waals surface area contributed by atoms with Gasteiger partial charge in [-0.1, -0.05) is 18.2 Å². The Hall–Kier alpha value is -3.19. The van der Waals surface area contributed by atoms with E-state index < -0.39 is 0 Å². The zero-order valence-electron chi connectivity index (χ0n) is 15.4. The quantitative estimate of drug-likeness (QED) is 0.574. The van der Waals surface area contributed by atoms with Gasteiger partial charge in [0.05, 0.1) is 22.1 Å². The van der Waals surface area contributed by atoms with Crippen LogP contribution < -0.4 is 10.5 Å². The molecule has 3 aromatic heterocycles. The molecule has 1 aliphatic heterocycles. The van der Waals surface area contributed by atoms with Crippen molar-refractivity contribution >= 4 is 27.8 Å². The summed E-state index contributed by atoms with van der Waals surface area (Å²) >= 11 is 0. The molecule has 28 heavy (non-hydrogen) atoms. The highest BCUT2D eigenvalue weighted by atomic mass is 16.3. The minimum Gasteiger partial charge on any atom is -0.396 e. The summed E-state index contributed by atoms with van der Waals surface area (Å²) in [5.74, 6) is 1.13. The second-order valence-electron chi connectivity index (χ2n) is 7.31. The summed E-state index contributed by atoms with van der Waals surface area (Å²) in [5, 5.41) is 13.2. The van der Waals surface area contributed by atoms with Crippen molar-refractivity contribution in [3.63, 3.8) is 0 Å². The lowest BCUT2D eigenvalue weighted by atomic mass is 9.99. The molecule has 1 aromatic carbocycles. The maximum atomic E-state index is 12.9. The highest BCUT2D eigenvalue weighted by molar-refractivity contribution is 6.00. The van der Waals surface area contributed by atoms with Crippen molar-refractivity contribution in [1.29, 1.82) is 0 Å². The van der Waals surface area contributed by atoms with Crippen LogP contribution >= 0.6 is 0 Å². The molecule has 1 atom stereocenters. The lowest BCUT2D eigenvalue weighted by Crippen LogP contribution is -2.37. The Bertz CT molecular complexity index is 1200. The van der Waals surface area contributed by atoms with Crippen LogP contribution in [0.5, 0.6) is 0 Å². The molecule has 0 amide bonds. The Balaban J connectivity index is 1.65. The molecule has 4 heterocycles. The molecule has 1 saturated heterocycles. The first kappa shape index (κ1) is 16.9. The van der Waals surface area contributed by atoms with Crippen molar-refractivity contribution in [2.24, 2.45) is 5.92 Å². The SMILES string of the molecule is O=c1c2cnc3ccc(N4CCCC(CO)C4)nc3c2[nH]n1-c1ccccc1. The van der Waals surface area contributed by atoms with Crippen molar-refractivity contribution < 1.29 is 5.11 Å². The minimum atomic E-state index is -0.138. The number of pyridine rings is 2. The lowest BCUT2D eigenvalue weighted by molar-refractivity contribution is 0.208. The molecule has 142 valence electrons. The van der Waals surface area contributed by atoms with Crippen LogP contribution in [0, 0.1) is 5.92 Å². The zero-order valence-corrected chi connectivity index (χ0v) is 15.4. The Morgan fingerprint density at radius 1 is 1.18 bits per heavy atom. The van der Waals surface area contributed by atoms with E-state index in [-0.39, 0.29) is 18.1 Å². The molecule has 0 spiro atoms. The maximum absolute atomic E-state index is 12.9. The molecule has 4 aromatic rings. The fourth-order valence-electron chi connectivity index (χ4n) is 3.97. The third-order valence-corrected chi connectivity index (χ3v) is 5.47. The monoisotopic (exact) mass is 375 g/mol. The van der Waals surface area contributed by atoms with Gasteiger partial charge in [0.15, 0.2) is 0 Å². The molecule has 0 saturated carbocycles. The number of hydrogen-bond acceptors (Lipinski definition) is 5. The second-order valence-corrected chi connectivity index (χ2v) is 7.31. The number of aromatic amines is 1. The predicted molar refractivity (Wildman–Crippen MR) is 109 cm³/mol. The average Bonchev–Trinajstić information content (AvgIpc) is 3.11. The number of nitrogens with one attached hydrogen (secondary N) is 1. The van der Waals surface area contributed by atoms with Gasteiger partial charge in [0.1, 0.15) is 11.3 Å². The molecular weight excluding hydrogens is 354 g/mol. The average molecular weight is 375 g/mol. The summed E-state index contributed by atoms with van der Waals surface area (Å²) in [7, 11) is 0. The Morgan fingerprint density at radius 2 is 2.04 bits per heavy atom. The third-order valence-electron chi connectivity index (χ3n) is 5.47. The second kappa shape index (κ2) is 6.76. The molecule has 7 heteroatoms. The summed E-state index contributed by atoms with van der Waals surface area (Å²) in [4.78, 5) is 24.4. The number of H-pyrrole nitrogens is 1. The first-order chi connectivity index (χ1) is 13.7. The summed E-state index contributed by atoms with van der Waals surface area (Å²) in [5.41, 5.74) is 2.76. The normalized spacial score (nSPS) is 17.5. The largest absolute Gasteiger partial charge is 0.396 e. The van der Waals surface area contributed by atoms with Gasteiger partial charge < -0.3 is 10.0 Å². The number of aliphatic hydroxyl groups is 1. The molecule has 0 radical (unpaired) electrons. The summed E-state index contributed by atoms with van der Waals surface area (Å²) in [6.45, 7) is 1.91. The van der Waals surface area contributed by atoms with Gasteiger partial charge in [-0.2, -0.15) is 0 Å². The van der Waals surface area contributed by atoms with Crippen molar-refractivity contribution in [2.75, 3.05) is 24.6 Å². The van der Waals surface area contributed by atoms with E-state index in [4.69, 9.17) is 4.98 Å². The molecule has 1 aliphatic rings. The number of nitrogens with zero attached hydrogens (tertiary/aromatic N) is 4. The molecule has 2 N–H and O–H groups in total. The van der Waals surface area contributed by atoms with Crippen LogP contribution in [0.25, 0.3) is 27.6 Å². The van der Waals surface area contributed by atoms with Crippen LogP contribution in [-0.2, 0) is 0 Å². The van der Waals surface area contributed by atoms with Gasteiger partial charge in [0.2, 0.25) is 0 Å². The number of para-hydroxylation sites is 1. The van der Waals surface area contributed by atoms with Gasteiger partial charge in [-0.3, -0.25) is 14.9 Å². The molecule has 1 unspecified atom stereocenters. The molecule has 0 bridgehead atoms. The standard InChI is InChI=1S/C21H21N5O2/c27-13-14-5-4-10-25(12-14)18-9-8-17-20(23-18)19-16(11-22-17)21(28)26(24-19)15-6-2-1-3-7-15/h1-3,6-9,11,14,24,27H,4-5,10,12-13H2. The highest BCUT2D eigenvalue weighted by Gasteiger charge is 2.21. The molecule has 7 nitrogen and oxygen atoms in total. The van der Waals surface area contributed by atoms with E-state index in [1.165, 1.54) is 4.68 Å². The van der Waals surface area contributed by atoms with E-state index >= 15 is 0 Å². The van der Waals surface area contributed by atoms with E-state index in [2.05, 4.69) is 15.0 Å². The third kappa shape index (κ3) is 2.75. The smallest absolute Gasteiger partial charge is 0.280 e. The minimum absolute atomic E-state index is 0.138. The van der Waals surface area contributed by atoms with Gasteiger partial charge >= 0.3 is 0 Å². The predicted octanol–water partition coefficient (Wildman–Crippen LogP) is 2.47. The topological polar surface area (TPSA) is 87.0 Å². The fourth-order valence-corrected chi connectivity index (χ4v) is 3.97. The van der Waals surface area contributed by atoms with Gasteiger partial charge in [0.25, 0.3) is 5.56 Å². The van der Waals surface area contributed by atoms with Gasteiger partial charge in [-0.25, -0.2) is 9.67 Å². The van der Waals surface area contributed by atoms with Crippen LogP contribution in [0.4, 0.5) is 5.82 Å². The first-order valence-electron chi connectivity index (χ1n) is 9.56. The summed E-state index contributed by atoms with van der Waals surface area (Å²) < 4.78 is 1.53. The van der Waals surface area contributed by atoms with Crippen LogP contribution in [0.2, 0.25) is 0 Å². The van der Waals surface area contributed by atoms with Crippen molar-refractivity contribution in [3.8, 4) is 5.69 Å². The van der Waals surface area contributed by atoms with Gasteiger partial charge in [-0.05, 0) is 43.0 Å². The maximum Gasteiger partial charge on any atom is 0.280 e. The van der Waals surface area contributed by atoms with Crippen molar-refractivity contribution in [1.82, 2.24) is 19.7 Å². The van der Waals surface area contributed by atoms with Gasteiger partial charge in [-0.15, -0.1) is 0 Å². The van der Waals surface area contributed by atoms with E-state index in [0.29, 0.717) is 16.4 Å². The van der Waals surface area contributed by atoms with Crippen LogP contribution in [-0.4, -0.2) is 44.6 Å². The Kier molecular flexibility index (Phi) is 4.09. The van der Waals surface area contributed by atoms with Gasteiger partial charge in [0, 0.05) is 25.9 Å². The number of fused-ring (bicyclic) bond motifs is 3. The molecular formula is C21H21N5O2. The van der Waals surface area contributed by atoms with E-state index in [0.717, 1.165) is 43.0 Å². The summed E-state index contributed by atoms with van der Waals surface area (Å²) in [6.07, 6.45) is 3.69. The molecule has 1 fully saturated rings. The van der Waals surface area contributed by atoms with Crippen molar-refractivity contribution in [3.05, 3.63) is 59.0 Å². The zero-order chi connectivity index (χ0) is 19.1. The fraction of sp³-hybridized carbons (Fsp3) is 0.286. The Morgan fingerprint density at radius 3 is 2.86 bits per heavy atom. The number of benzene rings is 1. The van der Waals surface area contributed by atoms with Crippen LogP contribution in [0.15, 0.2) is 53.5 Å². The number of anilines is 1. The van der Waals surface area contributed by atoms with Crippen LogP contribution in [0.1, 0.15) is 12.8 Å². The van der Waals surface area contributed by atoms with E-state index in [1.807, 2.05) is 42.5 Å². The highest BCUT2D eigenvalue weighted by Crippen LogP contribution is 2.26. The first-order valence-corrected chi connectivity index (χ1v) is 9.56. The number of rotatable bonds is 3. The number of piperidine rings is 1.